The minimum absolute atomic E-state index is 0.0864. The zero-order valence-corrected chi connectivity index (χ0v) is 14.5. The molecular weight excluding hydrogens is 308 g/mol. The van der Waals surface area contributed by atoms with Crippen LogP contribution in [0.4, 0.5) is 11.4 Å². The summed E-state index contributed by atoms with van der Waals surface area (Å²) in [4.78, 5) is 12.6. The van der Waals surface area contributed by atoms with Crippen LogP contribution in [0.25, 0.3) is 0 Å². The first-order valence-electron chi connectivity index (χ1n) is 8.39. The average Bonchev–Trinajstić information content (AvgIpc) is 2.63. The van der Waals surface area contributed by atoms with Crippen LogP contribution in [0.2, 0.25) is 0 Å². The smallest absolute Gasteiger partial charge is 0.253 e. The van der Waals surface area contributed by atoms with Gasteiger partial charge in [-0.3, -0.25) is 4.79 Å². The lowest BCUT2D eigenvalue weighted by molar-refractivity contribution is 0.0952. The SMILES string of the molecule is Cc1ccc(Nc2ccccc2C(=O)NCc2ccccc2)c(C)c1. The van der Waals surface area contributed by atoms with Gasteiger partial charge < -0.3 is 10.6 Å². The van der Waals surface area contributed by atoms with Gasteiger partial charge in [0.1, 0.15) is 0 Å². The number of benzene rings is 3. The Morgan fingerprint density at radius 3 is 2.32 bits per heavy atom. The standard InChI is InChI=1S/C22H22N2O/c1-16-12-13-20(17(2)14-16)24-21-11-7-6-10-19(21)22(25)23-15-18-8-4-3-5-9-18/h3-14,24H,15H2,1-2H3,(H,23,25). The number of hydrogen-bond acceptors (Lipinski definition) is 2. The molecule has 3 rings (SSSR count). The molecule has 0 aliphatic rings. The van der Waals surface area contributed by atoms with Gasteiger partial charge in [-0.15, -0.1) is 0 Å². The van der Waals surface area contributed by atoms with Crippen LogP contribution < -0.4 is 10.6 Å². The minimum atomic E-state index is -0.0864. The van der Waals surface area contributed by atoms with Crippen molar-refractivity contribution < 1.29 is 4.79 Å². The molecule has 0 aliphatic heterocycles. The van der Waals surface area contributed by atoms with Crippen LogP contribution in [0, 0.1) is 13.8 Å². The van der Waals surface area contributed by atoms with Crippen LogP contribution in [-0.4, -0.2) is 5.91 Å². The molecule has 3 aromatic rings. The molecule has 25 heavy (non-hydrogen) atoms. The van der Waals surface area contributed by atoms with Gasteiger partial charge in [0.25, 0.3) is 5.91 Å². The molecule has 0 saturated heterocycles. The highest BCUT2D eigenvalue weighted by molar-refractivity contribution is 6.00. The van der Waals surface area contributed by atoms with E-state index in [9.17, 15) is 4.79 Å². The van der Waals surface area contributed by atoms with Gasteiger partial charge >= 0.3 is 0 Å². The monoisotopic (exact) mass is 330 g/mol. The molecule has 0 bridgehead atoms. The van der Waals surface area contributed by atoms with E-state index in [-0.39, 0.29) is 5.91 Å². The van der Waals surface area contributed by atoms with Crippen molar-refractivity contribution in [3.63, 3.8) is 0 Å². The first-order chi connectivity index (χ1) is 12.1. The number of carbonyl (C=O) groups is 1. The summed E-state index contributed by atoms with van der Waals surface area (Å²) in [7, 11) is 0. The third-order valence-electron chi connectivity index (χ3n) is 4.12. The lowest BCUT2D eigenvalue weighted by atomic mass is 10.1. The van der Waals surface area contributed by atoms with Crippen molar-refractivity contribution in [2.45, 2.75) is 20.4 Å². The molecule has 0 spiro atoms. The lowest BCUT2D eigenvalue weighted by Crippen LogP contribution is -2.23. The molecule has 126 valence electrons. The summed E-state index contributed by atoms with van der Waals surface area (Å²) in [6.45, 7) is 4.65. The number of aryl methyl sites for hydroxylation is 2. The number of rotatable bonds is 5. The van der Waals surface area contributed by atoms with E-state index in [1.165, 1.54) is 5.56 Å². The zero-order chi connectivity index (χ0) is 17.6. The van der Waals surface area contributed by atoms with E-state index in [1.54, 1.807) is 0 Å². The molecule has 0 aliphatic carbocycles. The second kappa shape index (κ2) is 7.67. The van der Waals surface area contributed by atoms with E-state index >= 15 is 0 Å². The molecule has 0 atom stereocenters. The van der Waals surface area contributed by atoms with Gasteiger partial charge in [-0.2, -0.15) is 0 Å². The number of carbonyl (C=O) groups excluding carboxylic acids is 1. The number of nitrogens with one attached hydrogen (secondary N) is 2. The molecular formula is C22H22N2O. The van der Waals surface area contributed by atoms with E-state index in [0.29, 0.717) is 12.1 Å². The predicted octanol–water partition coefficient (Wildman–Crippen LogP) is 4.98. The Kier molecular flexibility index (Phi) is 5.14. The predicted molar refractivity (Wildman–Crippen MR) is 103 cm³/mol. The summed E-state index contributed by atoms with van der Waals surface area (Å²) in [5.41, 5.74) is 5.90. The molecule has 2 N–H and O–H groups in total. The second-order valence-electron chi connectivity index (χ2n) is 6.16. The van der Waals surface area contributed by atoms with Crippen molar-refractivity contribution >= 4 is 17.3 Å². The molecule has 0 heterocycles. The van der Waals surface area contributed by atoms with Crippen LogP contribution >= 0.6 is 0 Å². The molecule has 1 amide bonds. The van der Waals surface area contributed by atoms with E-state index < -0.39 is 0 Å². The molecule has 3 heteroatoms. The normalized spacial score (nSPS) is 10.3. The van der Waals surface area contributed by atoms with Crippen molar-refractivity contribution in [1.29, 1.82) is 0 Å². The van der Waals surface area contributed by atoms with Crippen molar-refractivity contribution in [2.75, 3.05) is 5.32 Å². The Hall–Kier alpha value is -3.07. The van der Waals surface area contributed by atoms with Crippen LogP contribution in [0.3, 0.4) is 0 Å². The van der Waals surface area contributed by atoms with Crippen LogP contribution in [0.5, 0.6) is 0 Å². The highest BCUT2D eigenvalue weighted by atomic mass is 16.1. The van der Waals surface area contributed by atoms with Gasteiger partial charge in [-0.1, -0.05) is 60.2 Å². The maximum atomic E-state index is 12.6. The van der Waals surface area contributed by atoms with Crippen molar-refractivity contribution in [3.05, 3.63) is 95.1 Å². The molecule has 0 radical (unpaired) electrons. The maximum absolute atomic E-state index is 12.6. The fourth-order valence-corrected chi connectivity index (χ4v) is 2.76. The van der Waals surface area contributed by atoms with Crippen molar-refractivity contribution in [2.24, 2.45) is 0 Å². The first-order valence-corrected chi connectivity index (χ1v) is 8.39. The minimum Gasteiger partial charge on any atom is -0.355 e. The van der Waals surface area contributed by atoms with Gasteiger partial charge in [0.15, 0.2) is 0 Å². The van der Waals surface area contributed by atoms with Gasteiger partial charge in [-0.25, -0.2) is 0 Å². The Morgan fingerprint density at radius 1 is 0.840 bits per heavy atom. The molecule has 0 fully saturated rings. The molecule has 0 saturated carbocycles. The third kappa shape index (κ3) is 4.27. The van der Waals surface area contributed by atoms with Gasteiger partial charge in [-0.05, 0) is 43.2 Å². The van der Waals surface area contributed by atoms with Gasteiger partial charge in [0.2, 0.25) is 0 Å². The summed E-state index contributed by atoms with van der Waals surface area (Å²) in [5.74, 6) is -0.0864. The third-order valence-corrected chi connectivity index (χ3v) is 4.12. The topological polar surface area (TPSA) is 41.1 Å². The molecule has 0 aromatic heterocycles. The first kappa shape index (κ1) is 16.8. The largest absolute Gasteiger partial charge is 0.355 e. The zero-order valence-electron chi connectivity index (χ0n) is 14.5. The average molecular weight is 330 g/mol. The van der Waals surface area contributed by atoms with Crippen molar-refractivity contribution in [1.82, 2.24) is 5.32 Å². The quantitative estimate of drug-likeness (QED) is 0.693. The highest BCUT2D eigenvalue weighted by Gasteiger charge is 2.11. The summed E-state index contributed by atoms with van der Waals surface area (Å²) in [6.07, 6.45) is 0. The van der Waals surface area contributed by atoms with Gasteiger partial charge in [0, 0.05) is 12.2 Å². The van der Waals surface area contributed by atoms with E-state index in [0.717, 1.165) is 22.5 Å². The van der Waals surface area contributed by atoms with Crippen LogP contribution in [0.15, 0.2) is 72.8 Å². The number of amides is 1. The number of hydrogen-bond donors (Lipinski definition) is 2. The molecule has 3 aromatic carbocycles. The summed E-state index contributed by atoms with van der Waals surface area (Å²) in [5, 5.41) is 6.37. The Balaban J connectivity index is 1.77. The van der Waals surface area contributed by atoms with Crippen LogP contribution in [-0.2, 0) is 6.54 Å². The van der Waals surface area contributed by atoms with E-state index in [1.807, 2.05) is 60.7 Å². The van der Waals surface area contributed by atoms with E-state index in [2.05, 4.69) is 36.6 Å². The van der Waals surface area contributed by atoms with E-state index in [4.69, 9.17) is 0 Å². The Labute approximate surface area is 148 Å². The maximum Gasteiger partial charge on any atom is 0.253 e. The summed E-state index contributed by atoms with van der Waals surface area (Å²) in [6, 6.07) is 23.7. The highest BCUT2D eigenvalue weighted by Crippen LogP contribution is 2.24. The Morgan fingerprint density at radius 2 is 1.56 bits per heavy atom. The lowest BCUT2D eigenvalue weighted by Gasteiger charge is -2.14. The van der Waals surface area contributed by atoms with Gasteiger partial charge in [0.05, 0.1) is 11.3 Å². The Bertz CT molecular complexity index is 872. The second-order valence-corrected chi connectivity index (χ2v) is 6.16. The summed E-state index contributed by atoms with van der Waals surface area (Å²) < 4.78 is 0. The number of anilines is 2. The molecule has 3 nitrogen and oxygen atoms in total. The molecule has 0 unspecified atom stereocenters. The fourth-order valence-electron chi connectivity index (χ4n) is 2.76. The van der Waals surface area contributed by atoms with Crippen molar-refractivity contribution in [3.8, 4) is 0 Å². The summed E-state index contributed by atoms with van der Waals surface area (Å²) >= 11 is 0. The fraction of sp³-hybridized carbons (Fsp3) is 0.136. The van der Waals surface area contributed by atoms with Crippen LogP contribution in [0.1, 0.15) is 27.0 Å². The number of para-hydroxylation sites is 1.